The van der Waals surface area contributed by atoms with Gasteiger partial charge in [-0.15, -0.1) is 0 Å². The Morgan fingerprint density at radius 1 is 1.27 bits per heavy atom. The van der Waals surface area contributed by atoms with Crippen molar-refractivity contribution < 1.29 is 12.4 Å². The average molecular weight is 170 g/mol. The van der Waals surface area contributed by atoms with E-state index in [0.29, 0.717) is 0 Å². The fourth-order valence-electron chi connectivity index (χ4n) is 0.717. The topological polar surface area (TPSA) is 54.2 Å². The van der Waals surface area contributed by atoms with Crippen LogP contribution in [-0.4, -0.2) is 0 Å². The van der Waals surface area contributed by atoms with E-state index in [9.17, 15) is 0 Å². The van der Waals surface area contributed by atoms with Crippen LogP contribution in [0.1, 0.15) is 11.7 Å². The Morgan fingerprint density at radius 2 is 1.82 bits per heavy atom. The van der Waals surface area contributed by atoms with Crippen molar-refractivity contribution in [3.8, 4) is 0 Å². The maximum Gasteiger partial charge on any atom is 0.392 e. The van der Waals surface area contributed by atoms with Crippen molar-refractivity contribution in [3.05, 3.63) is 40.9 Å². The monoisotopic (exact) mass is 169 g/mol. The summed E-state index contributed by atoms with van der Waals surface area (Å²) in [6, 6.07) is 9.20. The number of hydrogen-bond acceptors (Lipinski definition) is 2. The van der Waals surface area contributed by atoms with Gasteiger partial charge in [-0.1, -0.05) is 18.2 Å². The van der Waals surface area contributed by atoms with E-state index in [1.54, 1.807) is 0 Å². The molecule has 3 nitrogen and oxygen atoms in total. The molecule has 0 aliphatic carbocycles. The summed E-state index contributed by atoms with van der Waals surface area (Å²) >= 11 is 0. The first kappa shape index (κ1) is 9.89. The van der Waals surface area contributed by atoms with Gasteiger partial charge in [-0.25, -0.2) is 5.73 Å². The highest BCUT2D eigenvalue weighted by Crippen LogP contribution is 2.08. The maximum absolute atomic E-state index is 8.29. The average Bonchev–Trinajstić information content (AvgIpc) is 2.05. The van der Waals surface area contributed by atoms with Crippen LogP contribution in [0.2, 0.25) is 0 Å². The van der Waals surface area contributed by atoms with Crippen molar-refractivity contribution in [2.45, 2.75) is 6.17 Å². The first-order valence-corrected chi connectivity index (χ1v) is 2.99. The summed E-state index contributed by atoms with van der Waals surface area (Å²) in [5, 5.41) is 8.29. The Hall–Kier alpha value is -1.11. The summed E-state index contributed by atoms with van der Waals surface area (Å²) in [4.78, 5) is 2.94. The molecular weight excluding hydrogens is 162 g/mol. The lowest BCUT2D eigenvalue weighted by Gasteiger charge is -1.89. The molecule has 0 radical (unpaired) electrons. The zero-order valence-electron chi connectivity index (χ0n) is 5.81. The van der Waals surface area contributed by atoms with E-state index in [1.807, 2.05) is 30.3 Å². The Balaban J connectivity index is 0.000001000. The standard InChI is InChI=1S/C7H8N3.ClH/c8-7(10-9)6-4-2-1-3-5-6;/h1-5,7H,8H2;1H/q+1;/p-1. The number of halogens is 1. The number of nitrogens with two attached hydrogens (primary N) is 1. The predicted molar refractivity (Wildman–Crippen MR) is 38.5 cm³/mol. The quantitative estimate of drug-likeness (QED) is 0.521. The smallest absolute Gasteiger partial charge is 0.392 e. The molecule has 58 valence electrons. The van der Waals surface area contributed by atoms with Gasteiger partial charge in [0.2, 0.25) is 5.39 Å². The van der Waals surface area contributed by atoms with E-state index in [4.69, 9.17) is 11.1 Å². The lowest BCUT2D eigenvalue weighted by atomic mass is 10.2. The van der Waals surface area contributed by atoms with Crippen LogP contribution >= 0.6 is 0 Å². The molecule has 4 heteroatoms. The third-order valence-electron chi connectivity index (χ3n) is 1.27. The second kappa shape index (κ2) is 4.67. The highest BCUT2D eigenvalue weighted by molar-refractivity contribution is 5.19. The molecule has 0 heterocycles. The van der Waals surface area contributed by atoms with Crippen LogP contribution in [0, 0.1) is 5.39 Å². The molecule has 1 unspecified atom stereocenters. The van der Waals surface area contributed by atoms with E-state index in [1.165, 1.54) is 0 Å². The maximum atomic E-state index is 8.29. The Labute approximate surface area is 71.2 Å². The van der Waals surface area contributed by atoms with Crippen molar-refractivity contribution in [2.75, 3.05) is 0 Å². The molecule has 0 spiro atoms. The third kappa shape index (κ3) is 2.54. The normalized spacial score (nSPS) is 10.9. The van der Waals surface area contributed by atoms with Crippen molar-refractivity contribution >= 4 is 0 Å². The van der Waals surface area contributed by atoms with Crippen LogP contribution in [0.25, 0.3) is 4.98 Å². The van der Waals surface area contributed by atoms with Crippen LogP contribution < -0.4 is 18.1 Å². The first-order chi connectivity index (χ1) is 4.84. The van der Waals surface area contributed by atoms with E-state index >= 15 is 0 Å². The molecule has 0 aliphatic heterocycles. The molecule has 1 rings (SSSR count). The van der Waals surface area contributed by atoms with Crippen molar-refractivity contribution in [3.63, 3.8) is 0 Å². The molecule has 1 aromatic carbocycles. The van der Waals surface area contributed by atoms with Gasteiger partial charge in [-0.3, -0.25) is 0 Å². The summed E-state index contributed by atoms with van der Waals surface area (Å²) in [7, 11) is 0. The van der Waals surface area contributed by atoms with Gasteiger partial charge in [0.25, 0.3) is 0 Å². The lowest BCUT2D eigenvalue weighted by Crippen LogP contribution is -3.00. The SMILES string of the molecule is N#[N+]C(N)c1ccccc1.[Cl-]. The van der Waals surface area contributed by atoms with Crippen LogP contribution in [0.15, 0.2) is 30.3 Å². The predicted octanol–water partition coefficient (Wildman–Crippen LogP) is -1.50. The van der Waals surface area contributed by atoms with Crippen LogP contribution in [-0.2, 0) is 0 Å². The van der Waals surface area contributed by atoms with Crippen molar-refractivity contribution in [1.29, 1.82) is 5.39 Å². The molecule has 0 amide bonds. The summed E-state index contributed by atoms with van der Waals surface area (Å²) in [5.41, 5.74) is 6.19. The molecule has 0 aliphatic rings. The Bertz CT molecular complexity index is 242. The fourth-order valence-corrected chi connectivity index (χ4v) is 0.717. The van der Waals surface area contributed by atoms with Crippen LogP contribution in [0.3, 0.4) is 0 Å². The Morgan fingerprint density at radius 3 is 2.27 bits per heavy atom. The molecule has 1 aromatic rings. The number of rotatable bonds is 1. The van der Waals surface area contributed by atoms with E-state index in [2.05, 4.69) is 4.98 Å². The van der Waals surface area contributed by atoms with E-state index in [0.717, 1.165) is 5.56 Å². The minimum absolute atomic E-state index is 0. The molecule has 11 heavy (non-hydrogen) atoms. The number of hydrogen-bond donors (Lipinski definition) is 1. The first-order valence-electron chi connectivity index (χ1n) is 2.99. The number of nitrogens with zero attached hydrogens (tertiary/aromatic N) is 2. The van der Waals surface area contributed by atoms with E-state index in [-0.39, 0.29) is 12.4 Å². The van der Waals surface area contributed by atoms with Gasteiger partial charge in [0.1, 0.15) is 4.98 Å². The lowest BCUT2D eigenvalue weighted by molar-refractivity contribution is -0.00000237. The van der Waals surface area contributed by atoms with Crippen molar-refractivity contribution in [1.82, 2.24) is 0 Å². The minimum atomic E-state index is -0.610. The van der Waals surface area contributed by atoms with Gasteiger partial charge in [-0.05, 0) is 12.1 Å². The molecule has 0 saturated carbocycles. The van der Waals surface area contributed by atoms with Crippen LogP contribution in [0.4, 0.5) is 0 Å². The minimum Gasteiger partial charge on any atom is -1.00 e. The van der Waals surface area contributed by atoms with Gasteiger partial charge >= 0.3 is 6.17 Å². The molecule has 0 bridgehead atoms. The number of benzene rings is 1. The Kier molecular flexibility index (Phi) is 4.20. The van der Waals surface area contributed by atoms with Crippen LogP contribution in [0.5, 0.6) is 0 Å². The van der Waals surface area contributed by atoms with Gasteiger partial charge in [0.15, 0.2) is 0 Å². The zero-order valence-corrected chi connectivity index (χ0v) is 6.57. The van der Waals surface area contributed by atoms with Crippen molar-refractivity contribution in [2.24, 2.45) is 5.73 Å². The summed E-state index contributed by atoms with van der Waals surface area (Å²) in [6.07, 6.45) is -0.610. The van der Waals surface area contributed by atoms with E-state index < -0.39 is 6.17 Å². The number of diazo groups is 1. The second-order valence-corrected chi connectivity index (χ2v) is 1.97. The largest absolute Gasteiger partial charge is 1.00 e. The van der Waals surface area contributed by atoms with Gasteiger partial charge in [-0.2, -0.15) is 0 Å². The molecule has 0 fully saturated rings. The summed E-state index contributed by atoms with van der Waals surface area (Å²) in [6.45, 7) is 0. The van der Waals surface area contributed by atoms with Gasteiger partial charge in [0.05, 0.1) is 5.56 Å². The molecule has 2 N–H and O–H groups in total. The molecule has 1 atom stereocenters. The fraction of sp³-hybridized carbons (Fsp3) is 0.143. The molecule has 0 saturated heterocycles. The molecule has 0 aromatic heterocycles. The molecular formula is C7H8ClN3. The summed E-state index contributed by atoms with van der Waals surface area (Å²) < 4.78 is 0. The van der Waals surface area contributed by atoms with Gasteiger partial charge in [0, 0.05) is 0 Å². The highest BCUT2D eigenvalue weighted by Gasteiger charge is 2.13. The summed E-state index contributed by atoms with van der Waals surface area (Å²) in [5.74, 6) is 0. The third-order valence-corrected chi connectivity index (χ3v) is 1.27. The zero-order chi connectivity index (χ0) is 7.40. The van der Waals surface area contributed by atoms with Gasteiger partial charge < -0.3 is 12.4 Å². The highest BCUT2D eigenvalue weighted by atomic mass is 35.5. The second-order valence-electron chi connectivity index (χ2n) is 1.97.